The Morgan fingerprint density at radius 1 is 1.17 bits per heavy atom. The van der Waals surface area contributed by atoms with E-state index in [-0.39, 0.29) is 11.7 Å². The zero-order chi connectivity index (χ0) is 16.7. The standard InChI is InChI=1S/C20H20O3/c1-3-23-20(22)18(14-16-7-5-4-6-8-16)11-10-17-13-15(2)9-12-19(17)21/h4-14,21H,3H2,1-2H3/b11-10+,18-14+. The Morgan fingerprint density at radius 3 is 2.61 bits per heavy atom. The Bertz CT molecular complexity index is 728. The normalized spacial score (nSPS) is 11.7. The number of carbonyl (C=O) groups is 1. The van der Waals surface area contributed by atoms with E-state index in [1.807, 2.05) is 49.4 Å². The first-order valence-corrected chi connectivity index (χ1v) is 7.51. The molecule has 118 valence electrons. The van der Waals surface area contributed by atoms with Gasteiger partial charge in [0.1, 0.15) is 5.75 Å². The summed E-state index contributed by atoms with van der Waals surface area (Å²) in [6.45, 7) is 4.03. The lowest BCUT2D eigenvalue weighted by Crippen LogP contribution is -2.05. The van der Waals surface area contributed by atoms with E-state index in [1.165, 1.54) is 0 Å². The summed E-state index contributed by atoms with van der Waals surface area (Å²) in [5, 5.41) is 9.89. The van der Waals surface area contributed by atoms with Gasteiger partial charge in [-0.3, -0.25) is 0 Å². The van der Waals surface area contributed by atoms with E-state index in [9.17, 15) is 9.90 Å². The Morgan fingerprint density at radius 2 is 1.91 bits per heavy atom. The molecule has 0 amide bonds. The first kappa shape index (κ1) is 16.6. The first-order valence-electron chi connectivity index (χ1n) is 7.51. The molecular formula is C20H20O3. The zero-order valence-electron chi connectivity index (χ0n) is 13.3. The van der Waals surface area contributed by atoms with Crippen LogP contribution in [0.25, 0.3) is 12.2 Å². The van der Waals surface area contributed by atoms with Gasteiger partial charge < -0.3 is 9.84 Å². The summed E-state index contributed by atoms with van der Waals surface area (Å²) in [7, 11) is 0. The van der Waals surface area contributed by atoms with Crippen LogP contribution in [0.2, 0.25) is 0 Å². The molecule has 0 saturated heterocycles. The maximum atomic E-state index is 12.1. The van der Waals surface area contributed by atoms with Crippen molar-refractivity contribution in [3.63, 3.8) is 0 Å². The van der Waals surface area contributed by atoms with Crippen molar-refractivity contribution in [2.75, 3.05) is 6.61 Å². The van der Waals surface area contributed by atoms with Gasteiger partial charge in [0.2, 0.25) is 0 Å². The summed E-state index contributed by atoms with van der Waals surface area (Å²) in [5.74, 6) is -0.213. The van der Waals surface area contributed by atoms with Crippen molar-refractivity contribution in [1.29, 1.82) is 0 Å². The van der Waals surface area contributed by atoms with Gasteiger partial charge in [0.05, 0.1) is 12.2 Å². The zero-order valence-corrected chi connectivity index (χ0v) is 13.3. The number of esters is 1. The number of hydrogen-bond acceptors (Lipinski definition) is 3. The van der Waals surface area contributed by atoms with Gasteiger partial charge in [-0.1, -0.05) is 48.0 Å². The maximum Gasteiger partial charge on any atom is 0.338 e. The molecule has 0 bridgehead atoms. The third-order valence-corrected chi connectivity index (χ3v) is 3.26. The van der Waals surface area contributed by atoms with Gasteiger partial charge in [-0.15, -0.1) is 0 Å². The van der Waals surface area contributed by atoms with Gasteiger partial charge >= 0.3 is 5.97 Å². The number of phenols is 1. The van der Waals surface area contributed by atoms with Crippen molar-refractivity contribution in [1.82, 2.24) is 0 Å². The molecule has 2 aromatic carbocycles. The predicted octanol–water partition coefficient (Wildman–Crippen LogP) is 4.36. The summed E-state index contributed by atoms with van der Waals surface area (Å²) in [4.78, 5) is 12.1. The molecule has 0 spiro atoms. The fraction of sp³-hybridized carbons (Fsp3) is 0.150. The highest BCUT2D eigenvalue weighted by molar-refractivity contribution is 5.98. The van der Waals surface area contributed by atoms with Crippen molar-refractivity contribution < 1.29 is 14.6 Å². The topological polar surface area (TPSA) is 46.5 Å². The van der Waals surface area contributed by atoms with Gasteiger partial charge in [-0.2, -0.15) is 0 Å². The highest BCUT2D eigenvalue weighted by atomic mass is 16.5. The Hall–Kier alpha value is -2.81. The number of rotatable bonds is 5. The molecule has 0 aliphatic rings. The predicted molar refractivity (Wildman–Crippen MR) is 92.9 cm³/mol. The monoisotopic (exact) mass is 308 g/mol. The summed E-state index contributed by atoms with van der Waals surface area (Å²) < 4.78 is 5.10. The molecule has 1 N–H and O–H groups in total. The number of phenolic OH excluding ortho intramolecular Hbond substituents is 1. The molecule has 23 heavy (non-hydrogen) atoms. The van der Waals surface area contributed by atoms with Crippen molar-refractivity contribution in [3.8, 4) is 5.75 Å². The summed E-state index contributed by atoms with van der Waals surface area (Å²) >= 11 is 0. The van der Waals surface area contributed by atoms with Crippen LogP contribution in [0.5, 0.6) is 5.75 Å². The van der Waals surface area contributed by atoms with Crippen LogP contribution < -0.4 is 0 Å². The maximum absolute atomic E-state index is 12.1. The molecular weight excluding hydrogens is 288 g/mol. The van der Waals surface area contributed by atoms with E-state index in [0.29, 0.717) is 17.7 Å². The number of aryl methyl sites for hydroxylation is 1. The van der Waals surface area contributed by atoms with Gasteiger partial charge in [0, 0.05) is 5.56 Å². The minimum absolute atomic E-state index is 0.176. The third-order valence-electron chi connectivity index (χ3n) is 3.26. The second-order valence-electron chi connectivity index (χ2n) is 5.13. The van der Waals surface area contributed by atoms with Crippen molar-refractivity contribution in [3.05, 3.63) is 76.9 Å². The van der Waals surface area contributed by atoms with Crippen LogP contribution >= 0.6 is 0 Å². The van der Waals surface area contributed by atoms with Crippen molar-refractivity contribution >= 4 is 18.1 Å². The minimum atomic E-state index is -0.389. The number of hydrogen-bond donors (Lipinski definition) is 1. The molecule has 3 nitrogen and oxygen atoms in total. The van der Waals surface area contributed by atoms with Crippen LogP contribution in [0.15, 0.2) is 60.2 Å². The average Bonchev–Trinajstić information content (AvgIpc) is 2.55. The molecule has 0 unspecified atom stereocenters. The highest BCUT2D eigenvalue weighted by Gasteiger charge is 2.08. The largest absolute Gasteiger partial charge is 0.507 e. The molecule has 0 aliphatic carbocycles. The van der Waals surface area contributed by atoms with Gasteiger partial charge in [-0.05, 0) is 43.7 Å². The second kappa shape index (κ2) is 7.99. The third kappa shape index (κ3) is 4.85. The van der Waals surface area contributed by atoms with E-state index in [0.717, 1.165) is 11.1 Å². The van der Waals surface area contributed by atoms with Crippen LogP contribution in [0.4, 0.5) is 0 Å². The molecule has 0 saturated carbocycles. The average molecular weight is 308 g/mol. The van der Waals surface area contributed by atoms with Crippen LogP contribution in [0.1, 0.15) is 23.6 Å². The lowest BCUT2D eigenvalue weighted by molar-refractivity contribution is -0.138. The number of ether oxygens (including phenoxy) is 1. The van der Waals surface area contributed by atoms with Crippen molar-refractivity contribution in [2.45, 2.75) is 13.8 Å². The van der Waals surface area contributed by atoms with Gasteiger partial charge in [0.25, 0.3) is 0 Å². The Kier molecular flexibility index (Phi) is 5.75. The molecule has 0 heterocycles. The van der Waals surface area contributed by atoms with Crippen LogP contribution in [0, 0.1) is 6.92 Å². The van der Waals surface area contributed by atoms with Crippen molar-refractivity contribution in [2.24, 2.45) is 0 Å². The van der Waals surface area contributed by atoms with E-state index >= 15 is 0 Å². The van der Waals surface area contributed by atoms with E-state index in [4.69, 9.17) is 4.74 Å². The Balaban J connectivity index is 2.34. The summed E-state index contributed by atoms with van der Waals surface area (Å²) in [6.07, 6.45) is 5.15. The molecule has 0 aliphatic heterocycles. The molecule has 0 atom stereocenters. The van der Waals surface area contributed by atoms with Crippen LogP contribution in [-0.4, -0.2) is 17.7 Å². The Labute approximate surface area is 136 Å². The second-order valence-corrected chi connectivity index (χ2v) is 5.13. The lowest BCUT2D eigenvalue weighted by atomic mass is 10.1. The van der Waals surface area contributed by atoms with E-state index in [2.05, 4.69) is 0 Å². The highest BCUT2D eigenvalue weighted by Crippen LogP contribution is 2.21. The van der Waals surface area contributed by atoms with Crippen LogP contribution in [0.3, 0.4) is 0 Å². The number of carbonyl (C=O) groups excluding carboxylic acids is 1. The van der Waals surface area contributed by atoms with Gasteiger partial charge in [-0.25, -0.2) is 4.79 Å². The lowest BCUT2D eigenvalue weighted by Gasteiger charge is -2.04. The fourth-order valence-corrected chi connectivity index (χ4v) is 2.11. The molecule has 2 rings (SSSR count). The fourth-order valence-electron chi connectivity index (χ4n) is 2.11. The number of benzene rings is 2. The smallest absolute Gasteiger partial charge is 0.338 e. The minimum Gasteiger partial charge on any atom is -0.507 e. The SMILES string of the molecule is CCOC(=O)C(/C=C/c1cc(C)ccc1O)=C/c1ccccc1. The van der Waals surface area contributed by atoms with E-state index < -0.39 is 0 Å². The number of aromatic hydroxyl groups is 1. The molecule has 0 radical (unpaired) electrons. The quantitative estimate of drug-likeness (QED) is 0.507. The van der Waals surface area contributed by atoms with Crippen LogP contribution in [-0.2, 0) is 9.53 Å². The summed E-state index contributed by atoms with van der Waals surface area (Å²) in [5.41, 5.74) is 3.04. The summed E-state index contributed by atoms with van der Waals surface area (Å²) in [6, 6.07) is 14.9. The molecule has 0 fully saturated rings. The first-order chi connectivity index (χ1) is 11.1. The molecule has 2 aromatic rings. The molecule has 0 aromatic heterocycles. The van der Waals surface area contributed by atoms with E-state index in [1.54, 1.807) is 31.2 Å². The van der Waals surface area contributed by atoms with Gasteiger partial charge in [0.15, 0.2) is 0 Å². The molecule has 3 heteroatoms.